The lowest BCUT2D eigenvalue weighted by Crippen LogP contribution is -2.03. The molecule has 0 saturated heterocycles. The number of carboxylic acids is 1. The van der Waals surface area contributed by atoms with Gasteiger partial charge in [-0.1, -0.05) is 0 Å². The number of fused-ring (bicyclic) bond motifs is 1. The van der Waals surface area contributed by atoms with Crippen molar-refractivity contribution in [3.05, 3.63) is 35.5 Å². The maximum Gasteiger partial charge on any atom is 0.355 e. The van der Waals surface area contributed by atoms with Crippen LogP contribution in [0.25, 0.3) is 17.0 Å². The van der Waals surface area contributed by atoms with Crippen LogP contribution in [0.3, 0.4) is 0 Å². The highest BCUT2D eigenvalue weighted by molar-refractivity contribution is 6.04. The van der Waals surface area contributed by atoms with Crippen molar-refractivity contribution < 1.29 is 24.2 Å². The summed E-state index contributed by atoms with van der Waals surface area (Å²) in [6, 6.07) is 5.21. The number of rotatable bonds is 4. The van der Waals surface area contributed by atoms with Gasteiger partial charge in [0, 0.05) is 22.5 Å². The number of hydrogen-bond acceptors (Lipinski definition) is 4. The molecule has 0 saturated carbocycles. The van der Waals surface area contributed by atoms with Gasteiger partial charge in [-0.3, -0.25) is 0 Å². The molecule has 1 heterocycles. The molecule has 6 nitrogen and oxygen atoms in total. The van der Waals surface area contributed by atoms with Gasteiger partial charge in [-0.2, -0.15) is 0 Å². The predicted octanol–water partition coefficient (Wildman–Crippen LogP) is 2.06. The molecule has 20 heavy (non-hydrogen) atoms. The summed E-state index contributed by atoms with van der Waals surface area (Å²) in [5.74, 6) is -1.05. The number of H-pyrrole nitrogens is 1. The summed E-state index contributed by atoms with van der Waals surface area (Å²) in [6.45, 7) is 0. The van der Waals surface area contributed by atoms with Crippen LogP contribution in [0, 0.1) is 0 Å². The van der Waals surface area contributed by atoms with Gasteiger partial charge >= 0.3 is 11.9 Å². The minimum absolute atomic E-state index is 0.202. The Bertz CT molecular complexity index is 699. The van der Waals surface area contributed by atoms with E-state index < -0.39 is 11.9 Å². The number of ether oxygens (including phenoxy) is 2. The minimum Gasteiger partial charge on any atom is -0.497 e. The first kappa shape index (κ1) is 13.7. The Balaban J connectivity index is 2.68. The quantitative estimate of drug-likeness (QED) is 0.658. The Kier molecular flexibility index (Phi) is 3.74. The first-order chi connectivity index (χ1) is 9.56. The molecule has 2 N–H and O–H groups in total. The fourth-order valence-electron chi connectivity index (χ4n) is 1.91. The van der Waals surface area contributed by atoms with E-state index in [1.165, 1.54) is 20.3 Å². The number of nitrogens with one attached hydrogen (secondary N) is 1. The second kappa shape index (κ2) is 5.48. The van der Waals surface area contributed by atoms with Crippen molar-refractivity contribution in [3.63, 3.8) is 0 Å². The van der Waals surface area contributed by atoms with E-state index in [2.05, 4.69) is 9.72 Å². The third-order valence-corrected chi connectivity index (χ3v) is 2.83. The standard InChI is InChI=1S/C14H13NO5/c1-19-8-3-5-11-10(7-8)9(4-6-12(16)17)13(15-11)14(18)20-2/h3-7,15H,1-2H3,(H,16,17)/b6-4+. The average Bonchev–Trinajstić information content (AvgIpc) is 2.81. The van der Waals surface area contributed by atoms with E-state index in [1.807, 2.05) is 0 Å². The third kappa shape index (κ3) is 2.49. The molecule has 0 spiro atoms. The van der Waals surface area contributed by atoms with Crippen LogP contribution in [0.1, 0.15) is 16.1 Å². The monoisotopic (exact) mass is 275 g/mol. The molecule has 0 atom stereocenters. The van der Waals surface area contributed by atoms with E-state index in [9.17, 15) is 9.59 Å². The summed E-state index contributed by atoms with van der Waals surface area (Å²) < 4.78 is 9.82. The van der Waals surface area contributed by atoms with Crippen LogP contribution in [-0.2, 0) is 9.53 Å². The zero-order chi connectivity index (χ0) is 14.7. The summed E-state index contributed by atoms with van der Waals surface area (Å²) in [4.78, 5) is 25.3. The first-order valence-corrected chi connectivity index (χ1v) is 5.76. The molecular weight excluding hydrogens is 262 g/mol. The normalized spacial score (nSPS) is 10.9. The van der Waals surface area contributed by atoms with Crippen LogP contribution in [0.15, 0.2) is 24.3 Å². The Morgan fingerprint density at radius 1 is 1.30 bits per heavy atom. The van der Waals surface area contributed by atoms with Crippen molar-refractivity contribution in [2.75, 3.05) is 14.2 Å². The second-order valence-corrected chi connectivity index (χ2v) is 3.99. The maximum atomic E-state index is 11.7. The Hall–Kier alpha value is -2.76. The molecule has 0 aliphatic rings. The molecule has 0 radical (unpaired) electrons. The molecule has 6 heteroatoms. The van der Waals surface area contributed by atoms with Gasteiger partial charge in [0.15, 0.2) is 0 Å². The highest BCUT2D eigenvalue weighted by Crippen LogP contribution is 2.28. The van der Waals surface area contributed by atoms with Crippen molar-refractivity contribution in [1.82, 2.24) is 4.98 Å². The number of esters is 1. The summed E-state index contributed by atoms with van der Waals surface area (Å²) >= 11 is 0. The van der Waals surface area contributed by atoms with E-state index in [4.69, 9.17) is 9.84 Å². The van der Waals surface area contributed by atoms with Crippen LogP contribution in [0.5, 0.6) is 5.75 Å². The lowest BCUT2D eigenvalue weighted by molar-refractivity contribution is -0.131. The lowest BCUT2D eigenvalue weighted by atomic mass is 10.1. The van der Waals surface area contributed by atoms with Crippen molar-refractivity contribution in [2.24, 2.45) is 0 Å². The molecule has 0 amide bonds. The fourth-order valence-corrected chi connectivity index (χ4v) is 1.91. The fraction of sp³-hybridized carbons (Fsp3) is 0.143. The van der Waals surface area contributed by atoms with Gasteiger partial charge in [-0.15, -0.1) is 0 Å². The van der Waals surface area contributed by atoms with Crippen LogP contribution in [0.4, 0.5) is 0 Å². The third-order valence-electron chi connectivity index (χ3n) is 2.83. The molecule has 2 aromatic rings. The van der Waals surface area contributed by atoms with Gasteiger partial charge in [0.1, 0.15) is 11.4 Å². The molecule has 0 bridgehead atoms. The molecule has 0 aliphatic carbocycles. The van der Waals surface area contributed by atoms with Gasteiger partial charge in [0.2, 0.25) is 0 Å². The van der Waals surface area contributed by atoms with Gasteiger partial charge in [0.05, 0.1) is 14.2 Å². The number of carboxylic acid groups (broad SMARTS) is 1. The zero-order valence-corrected chi connectivity index (χ0v) is 11.0. The highest BCUT2D eigenvalue weighted by Gasteiger charge is 2.17. The summed E-state index contributed by atoms with van der Waals surface area (Å²) in [6.07, 6.45) is 2.32. The molecule has 1 aromatic carbocycles. The number of carbonyl (C=O) groups is 2. The van der Waals surface area contributed by atoms with Crippen molar-refractivity contribution >= 4 is 28.9 Å². The predicted molar refractivity (Wildman–Crippen MR) is 72.9 cm³/mol. The number of carbonyl (C=O) groups excluding carboxylic acids is 1. The van der Waals surface area contributed by atoms with E-state index >= 15 is 0 Å². The number of aromatic amines is 1. The molecule has 0 unspecified atom stereocenters. The number of benzene rings is 1. The van der Waals surface area contributed by atoms with Gasteiger partial charge in [-0.05, 0) is 24.3 Å². The number of aliphatic carboxylic acids is 1. The number of hydrogen-bond donors (Lipinski definition) is 2. The van der Waals surface area contributed by atoms with Crippen LogP contribution < -0.4 is 4.74 Å². The Labute approximate surface area is 114 Å². The Morgan fingerprint density at radius 2 is 2.05 bits per heavy atom. The van der Waals surface area contributed by atoms with Crippen molar-refractivity contribution in [1.29, 1.82) is 0 Å². The van der Waals surface area contributed by atoms with Gasteiger partial charge in [0.25, 0.3) is 0 Å². The maximum absolute atomic E-state index is 11.7. The van der Waals surface area contributed by atoms with Crippen molar-refractivity contribution in [2.45, 2.75) is 0 Å². The molecule has 0 aliphatic heterocycles. The lowest BCUT2D eigenvalue weighted by Gasteiger charge is -2.00. The highest BCUT2D eigenvalue weighted by atomic mass is 16.5. The molecular formula is C14H13NO5. The minimum atomic E-state index is -1.10. The van der Waals surface area contributed by atoms with E-state index in [-0.39, 0.29) is 5.69 Å². The van der Waals surface area contributed by atoms with E-state index in [0.717, 1.165) is 6.08 Å². The van der Waals surface area contributed by atoms with E-state index in [0.29, 0.717) is 22.2 Å². The van der Waals surface area contributed by atoms with Crippen molar-refractivity contribution in [3.8, 4) is 5.75 Å². The molecule has 2 rings (SSSR count). The zero-order valence-electron chi connectivity index (χ0n) is 11.0. The largest absolute Gasteiger partial charge is 0.497 e. The average molecular weight is 275 g/mol. The number of aromatic nitrogens is 1. The second-order valence-electron chi connectivity index (χ2n) is 3.99. The molecule has 0 fully saturated rings. The van der Waals surface area contributed by atoms with E-state index in [1.54, 1.807) is 18.2 Å². The Morgan fingerprint density at radius 3 is 2.65 bits per heavy atom. The topological polar surface area (TPSA) is 88.6 Å². The van der Waals surface area contributed by atoms with Gasteiger partial charge in [-0.25, -0.2) is 9.59 Å². The molecule has 104 valence electrons. The van der Waals surface area contributed by atoms with Crippen LogP contribution in [-0.4, -0.2) is 36.2 Å². The summed E-state index contributed by atoms with van der Waals surface area (Å²) in [5.41, 5.74) is 1.35. The van der Waals surface area contributed by atoms with Crippen LogP contribution in [0.2, 0.25) is 0 Å². The first-order valence-electron chi connectivity index (χ1n) is 5.76. The SMILES string of the molecule is COC(=O)c1[nH]c2ccc(OC)cc2c1/C=C/C(=O)O. The smallest absolute Gasteiger partial charge is 0.355 e. The van der Waals surface area contributed by atoms with Crippen LogP contribution >= 0.6 is 0 Å². The number of methoxy groups -OCH3 is 2. The molecule has 1 aromatic heterocycles. The summed E-state index contributed by atoms with van der Waals surface area (Å²) in [5, 5.41) is 9.42. The summed E-state index contributed by atoms with van der Waals surface area (Å²) in [7, 11) is 2.79. The van der Waals surface area contributed by atoms with Gasteiger partial charge < -0.3 is 19.6 Å².